The number of carboxylic acid groups (broad SMARTS) is 1. The molecule has 2 fully saturated rings. The van der Waals surface area contributed by atoms with E-state index in [1.54, 1.807) is 4.90 Å². The van der Waals surface area contributed by atoms with Gasteiger partial charge in [0, 0.05) is 30.7 Å². The summed E-state index contributed by atoms with van der Waals surface area (Å²) in [5, 5.41) is 9.76. The Morgan fingerprint density at radius 1 is 1.08 bits per heavy atom. The Balaban J connectivity index is 1.63. The smallest absolute Gasteiger partial charge is 0.414 e. The van der Waals surface area contributed by atoms with Gasteiger partial charge in [-0.25, -0.2) is 9.78 Å². The maximum Gasteiger partial charge on any atom is 0.414 e. The number of hydrogen-bond acceptors (Lipinski definition) is 5. The molecule has 1 aliphatic carbocycles. The Labute approximate surface area is 217 Å². The summed E-state index contributed by atoms with van der Waals surface area (Å²) in [5.74, 6) is -0.803. The molecule has 9 heteroatoms. The molecule has 2 amide bonds. The summed E-state index contributed by atoms with van der Waals surface area (Å²) in [6.07, 6.45) is 7.25. The molecule has 3 unspecified atom stereocenters. The second kappa shape index (κ2) is 10.3. The molecular formula is C28H38N4O5. The molecule has 5 rings (SSSR count). The van der Waals surface area contributed by atoms with Crippen LogP contribution in [0.2, 0.25) is 0 Å². The molecule has 1 aromatic carbocycles. The van der Waals surface area contributed by atoms with Gasteiger partial charge in [0.05, 0.1) is 35.7 Å². The van der Waals surface area contributed by atoms with Gasteiger partial charge in [0.2, 0.25) is 5.91 Å². The molecule has 1 aromatic heterocycles. The molecule has 4 atom stereocenters. The van der Waals surface area contributed by atoms with Gasteiger partial charge in [-0.15, -0.1) is 0 Å². The van der Waals surface area contributed by atoms with E-state index in [0.717, 1.165) is 80.3 Å². The predicted molar refractivity (Wildman–Crippen MR) is 140 cm³/mol. The van der Waals surface area contributed by atoms with Crippen molar-refractivity contribution in [2.75, 3.05) is 25.1 Å². The standard InChI is InChI=1S/C28H38N4O5/c1-17-10-11-21-22(31(17)28(36)37-3)12-13-23-24(21)29-25(18(2)26(33)30-14-5-4-6-15-30)32(23)20-9-7-8-19(16-20)27(34)35/h12-13,17-20H,4-11,14-16H2,1-3H3,(H,34,35)/t17-,18?,19?,20?/m0/s1. The largest absolute Gasteiger partial charge is 0.481 e. The van der Waals surface area contributed by atoms with Crippen molar-refractivity contribution in [2.45, 2.75) is 89.6 Å². The van der Waals surface area contributed by atoms with Gasteiger partial charge in [0.25, 0.3) is 0 Å². The number of anilines is 1. The third-order valence-corrected chi connectivity index (χ3v) is 8.64. The number of aliphatic carboxylic acids is 1. The molecule has 3 heterocycles. The highest BCUT2D eigenvalue weighted by molar-refractivity contribution is 5.96. The number of methoxy groups -OCH3 is 1. The molecule has 3 aliphatic rings. The van der Waals surface area contributed by atoms with Gasteiger partial charge in [0.1, 0.15) is 5.82 Å². The highest BCUT2D eigenvalue weighted by Crippen LogP contribution is 2.42. The van der Waals surface area contributed by atoms with E-state index in [9.17, 15) is 19.5 Å². The zero-order valence-electron chi connectivity index (χ0n) is 22.1. The van der Waals surface area contributed by atoms with E-state index in [2.05, 4.69) is 4.57 Å². The van der Waals surface area contributed by atoms with E-state index < -0.39 is 23.9 Å². The van der Waals surface area contributed by atoms with Crippen LogP contribution in [0.5, 0.6) is 0 Å². The Hall–Kier alpha value is -3.10. The summed E-state index contributed by atoms with van der Waals surface area (Å²) < 4.78 is 7.24. The lowest BCUT2D eigenvalue weighted by molar-refractivity contribution is -0.143. The zero-order valence-corrected chi connectivity index (χ0v) is 22.1. The van der Waals surface area contributed by atoms with E-state index >= 15 is 0 Å². The fourth-order valence-electron chi connectivity index (χ4n) is 6.60. The summed E-state index contributed by atoms with van der Waals surface area (Å²) in [7, 11) is 1.39. The quantitative estimate of drug-likeness (QED) is 0.629. The van der Waals surface area contributed by atoms with Crippen LogP contribution >= 0.6 is 0 Å². The number of carboxylic acids is 1. The maximum absolute atomic E-state index is 13.6. The van der Waals surface area contributed by atoms with E-state index in [4.69, 9.17) is 9.72 Å². The van der Waals surface area contributed by atoms with Crippen LogP contribution in [0.1, 0.15) is 88.6 Å². The van der Waals surface area contributed by atoms with Crippen LogP contribution < -0.4 is 4.90 Å². The molecule has 0 spiro atoms. The fraction of sp³-hybridized carbons (Fsp3) is 0.643. The van der Waals surface area contributed by atoms with Crippen LogP contribution in [0.4, 0.5) is 10.5 Å². The second-order valence-corrected chi connectivity index (χ2v) is 11.0. The highest BCUT2D eigenvalue weighted by Gasteiger charge is 2.36. The number of hydrogen-bond donors (Lipinski definition) is 1. The van der Waals surface area contributed by atoms with Crippen molar-refractivity contribution in [1.82, 2.24) is 14.5 Å². The minimum Gasteiger partial charge on any atom is -0.481 e. The van der Waals surface area contributed by atoms with E-state index in [-0.39, 0.29) is 18.0 Å². The Morgan fingerprint density at radius 3 is 2.54 bits per heavy atom. The van der Waals surface area contributed by atoms with Crippen molar-refractivity contribution in [3.05, 3.63) is 23.5 Å². The van der Waals surface area contributed by atoms with Crippen LogP contribution in [0.15, 0.2) is 12.1 Å². The number of benzene rings is 1. The number of amides is 2. The minimum atomic E-state index is -0.756. The average Bonchev–Trinajstić information content (AvgIpc) is 3.32. The Kier molecular flexibility index (Phi) is 7.14. The topological polar surface area (TPSA) is 105 Å². The van der Waals surface area contributed by atoms with Gasteiger partial charge in [-0.3, -0.25) is 14.5 Å². The molecule has 2 aromatic rings. The van der Waals surface area contributed by atoms with Gasteiger partial charge in [-0.05, 0) is 77.3 Å². The van der Waals surface area contributed by atoms with E-state index in [0.29, 0.717) is 18.7 Å². The number of aromatic nitrogens is 2. The molecule has 0 bridgehead atoms. The number of ether oxygens (including phenoxy) is 1. The number of rotatable bonds is 4. The lowest BCUT2D eigenvalue weighted by Gasteiger charge is -2.34. The zero-order chi connectivity index (χ0) is 26.3. The van der Waals surface area contributed by atoms with Crippen molar-refractivity contribution < 1.29 is 24.2 Å². The van der Waals surface area contributed by atoms with Crippen molar-refractivity contribution in [3.63, 3.8) is 0 Å². The van der Waals surface area contributed by atoms with Gasteiger partial charge in [-0.2, -0.15) is 0 Å². The van der Waals surface area contributed by atoms with Gasteiger partial charge >= 0.3 is 12.1 Å². The summed E-state index contributed by atoms with van der Waals surface area (Å²) in [6.45, 7) is 5.49. The number of piperidine rings is 1. The van der Waals surface area contributed by atoms with Crippen molar-refractivity contribution >= 4 is 34.7 Å². The maximum atomic E-state index is 13.6. The molecule has 1 saturated heterocycles. The number of imidazole rings is 1. The first-order valence-corrected chi connectivity index (χ1v) is 13.7. The Morgan fingerprint density at radius 2 is 1.84 bits per heavy atom. The van der Waals surface area contributed by atoms with Crippen LogP contribution in [-0.4, -0.2) is 63.8 Å². The summed E-state index contributed by atoms with van der Waals surface area (Å²) in [5.41, 5.74) is 3.52. The second-order valence-electron chi connectivity index (χ2n) is 11.0. The van der Waals surface area contributed by atoms with E-state index in [1.165, 1.54) is 7.11 Å². The number of carbonyl (C=O) groups is 3. The number of fused-ring (bicyclic) bond motifs is 3. The molecule has 1 saturated carbocycles. The first-order valence-electron chi connectivity index (χ1n) is 13.7. The minimum absolute atomic E-state index is 0.00762. The van der Waals surface area contributed by atoms with Crippen LogP contribution in [-0.2, 0) is 20.7 Å². The first-order chi connectivity index (χ1) is 17.8. The summed E-state index contributed by atoms with van der Waals surface area (Å²) in [4.78, 5) is 46.9. The highest BCUT2D eigenvalue weighted by atomic mass is 16.5. The number of carbonyl (C=O) groups excluding carboxylic acids is 2. The molecule has 200 valence electrons. The van der Waals surface area contributed by atoms with Crippen molar-refractivity contribution in [3.8, 4) is 0 Å². The summed E-state index contributed by atoms with van der Waals surface area (Å²) in [6, 6.07) is 3.92. The lowest BCUT2D eigenvalue weighted by Crippen LogP contribution is -2.42. The predicted octanol–water partition coefficient (Wildman–Crippen LogP) is 4.88. The fourth-order valence-corrected chi connectivity index (χ4v) is 6.60. The van der Waals surface area contributed by atoms with Crippen molar-refractivity contribution in [2.24, 2.45) is 5.92 Å². The normalized spacial score (nSPS) is 25.0. The average molecular weight is 511 g/mol. The van der Waals surface area contributed by atoms with Gasteiger partial charge in [0.15, 0.2) is 0 Å². The first kappa shape index (κ1) is 25.5. The Bertz CT molecular complexity index is 1200. The monoisotopic (exact) mass is 510 g/mol. The molecule has 37 heavy (non-hydrogen) atoms. The van der Waals surface area contributed by atoms with Gasteiger partial charge < -0.3 is 19.3 Å². The van der Waals surface area contributed by atoms with E-state index in [1.807, 2.05) is 30.9 Å². The SMILES string of the molecule is COC(=O)N1c2ccc3c(nc(C(C)C(=O)N4CCCCC4)n3C3CCCC(C(=O)O)C3)c2CC[C@@H]1C. The third-order valence-electron chi connectivity index (χ3n) is 8.64. The molecule has 9 nitrogen and oxygen atoms in total. The van der Waals surface area contributed by atoms with Gasteiger partial charge in [-0.1, -0.05) is 6.42 Å². The number of nitrogens with zero attached hydrogens (tertiary/aromatic N) is 4. The molecule has 2 aliphatic heterocycles. The molecule has 0 radical (unpaired) electrons. The number of likely N-dealkylation sites (tertiary alicyclic amines) is 1. The van der Waals surface area contributed by atoms with Crippen molar-refractivity contribution in [1.29, 1.82) is 0 Å². The number of aryl methyl sites for hydroxylation is 1. The van der Waals surface area contributed by atoms with Crippen LogP contribution in [0, 0.1) is 5.92 Å². The lowest BCUT2D eigenvalue weighted by atomic mass is 9.85. The van der Waals surface area contributed by atoms with Crippen LogP contribution in [0.3, 0.4) is 0 Å². The third kappa shape index (κ3) is 4.57. The van der Waals surface area contributed by atoms with Crippen LogP contribution in [0.25, 0.3) is 11.0 Å². The molecular weight excluding hydrogens is 472 g/mol. The molecule has 1 N–H and O–H groups in total. The summed E-state index contributed by atoms with van der Waals surface area (Å²) >= 11 is 0.